The predicted molar refractivity (Wildman–Crippen MR) is 162 cm³/mol. The van der Waals surface area contributed by atoms with Crippen LogP contribution in [0.15, 0.2) is 82.7 Å². The molecule has 4 aromatic rings. The van der Waals surface area contributed by atoms with Crippen molar-refractivity contribution in [3.63, 3.8) is 0 Å². The average Bonchev–Trinajstić information content (AvgIpc) is 3.31. The summed E-state index contributed by atoms with van der Waals surface area (Å²) in [5.74, 6) is -0.0480. The second-order valence-electron chi connectivity index (χ2n) is 10.6. The molecule has 1 aliphatic heterocycles. The van der Waals surface area contributed by atoms with E-state index in [2.05, 4.69) is 22.0 Å². The maximum absolute atomic E-state index is 13.3. The number of aromatic amines is 1. The van der Waals surface area contributed by atoms with Gasteiger partial charge in [0, 0.05) is 36.6 Å². The molecule has 0 amide bonds. The Morgan fingerprint density at radius 2 is 1.73 bits per heavy atom. The van der Waals surface area contributed by atoms with E-state index in [1.165, 1.54) is 29.1 Å². The third kappa shape index (κ3) is 6.14. The highest BCUT2D eigenvalue weighted by atomic mass is 32.2. The fraction of sp³-hybridized carbons (Fsp3) is 0.344. The largest absolute Gasteiger partial charge is 0.494 e. The summed E-state index contributed by atoms with van der Waals surface area (Å²) in [6.45, 7) is 5.71. The smallest absolute Gasteiger partial charge is 0.242 e. The lowest BCUT2D eigenvalue weighted by Gasteiger charge is -2.26. The number of aromatic hydroxyl groups is 1. The summed E-state index contributed by atoms with van der Waals surface area (Å²) >= 11 is 0. The fourth-order valence-electron chi connectivity index (χ4n) is 5.28. The van der Waals surface area contributed by atoms with Gasteiger partial charge in [-0.15, -0.1) is 0 Å². The van der Waals surface area contributed by atoms with Crippen molar-refractivity contribution in [3.8, 4) is 5.88 Å². The second kappa shape index (κ2) is 12.4. The molecule has 7 nitrogen and oxygen atoms in total. The van der Waals surface area contributed by atoms with E-state index in [0.717, 1.165) is 43.7 Å². The number of piperidine rings is 1. The zero-order valence-corrected chi connectivity index (χ0v) is 24.1. The van der Waals surface area contributed by atoms with E-state index < -0.39 is 10.0 Å². The number of H-pyrrole nitrogens is 1. The fourth-order valence-corrected chi connectivity index (χ4v) is 6.52. The number of hydrogen-bond acceptors (Lipinski definition) is 5. The summed E-state index contributed by atoms with van der Waals surface area (Å²) in [6.07, 6.45) is 5.53. The molecule has 1 aliphatic rings. The minimum atomic E-state index is -3.68. The number of nitrogens with one attached hydrogen (secondary N) is 1. The summed E-state index contributed by atoms with van der Waals surface area (Å²) in [4.78, 5) is 10.7. The number of nitrogens with zero attached hydrogens (tertiary/aromatic N) is 3. The molecule has 3 aromatic carbocycles. The molecule has 0 saturated carbocycles. The van der Waals surface area contributed by atoms with Crippen LogP contribution in [0.3, 0.4) is 0 Å². The summed E-state index contributed by atoms with van der Waals surface area (Å²) in [7, 11) is -2.07. The molecule has 0 radical (unpaired) electrons. The minimum Gasteiger partial charge on any atom is -0.494 e. The minimum absolute atomic E-state index is 0.0480. The van der Waals surface area contributed by atoms with Gasteiger partial charge in [-0.25, -0.2) is 17.7 Å². The van der Waals surface area contributed by atoms with Crippen LogP contribution in [-0.2, 0) is 16.6 Å². The van der Waals surface area contributed by atoms with Gasteiger partial charge >= 0.3 is 0 Å². The third-order valence-corrected chi connectivity index (χ3v) is 9.45. The first-order valence-corrected chi connectivity index (χ1v) is 15.6. The van der Waals surface area contributed by atoms with Crippen LogP contribution in [0.25, 0.3) is 10.9 Å². The summed E-state index contributed by atoms with van der Waals surface area (Å²) in [5, 5.41) is 11.7. The Morgan fingerprint density at radius 1 is 1.00 bits per heavy atom. The van der Waals surface area contributed by atoms with Crippen molar-refractivity contribution in [2.75, 3.05) is 26.7 Å². The van der Waals surface area contributed by atoms with Gasteiger partial charge in [-0.2, -0.15) is 0 Å². The van der Waals surface area contributed by atoms with Gasteiger partial charge in [0.2, 0.25) is 10.0 Å². The predicted octanol–water partition coefficient (Wildman–Crippen LogP) is 6.45. The molecule has 2 N–H and O–H groups in total. The van der Waals surface area contributed by atoms with Crippen LogP contribution in [0.4, 0.5) is 5.69 Å². The first-order chi connectivity index (χ1) is 19.4. The number of likely N-dealkylation sites (tertiary alicyclic amines) is 1. The SMILES string of the molecule is CCCCN(C)S(=O)(=O)c1ccc2[nH]c(O)c(C(=Nc3ccc(CN4CCCCC4)cc3)c3ccccc3)c2c1. The first kappa shape index (κ1) is 28.1. The topological polar surface area (TPSA) is 89.0 Å². The summed E-state index contributed by atoms with van der Waals surface area (Å²) in [5.41, 5.74) is 4.53. The number of rotatable bonds is 10. The quantitative estimate of drug-likeness (QED) is 0.219. The van der Waals surface area contributed by atoms with E-state index in [0.29, 0.717) is 28.7 Å². The Labute approximate surface area is 237 Å². The van der Waals surface area contributed by atoms with E-state index in [1.807, 2.05) is 49.4 Å². The van der Waals surface area contributed by atoms with Crippen LogP contribution in [0, 0.1) is 0 Å². The highest BCUT2D eigenvalue weighted by Crippen LogP contribution is 2.33. The molecule has 0 spiro atoms. The number of hydrogen-bond donors (Lipinski definition) is 2. The standard InChI is InChI=1S/C32H38N4O3S/c1-3-4-19-35(2)40(38,39)27-17-18-29-28(22-27)30(32(37)34-29)31(25-11-7-5-8-12-25)33-26-15-13-24(14-16-26)23-36-20-9-6-10-21-36/h5,7-8,11-18,22,34,37H,3-4,6,9-10,19-21,23H2,1-2H3. The van der Waals surface area contributed by atoms with Gasteiger partial charge < -0.3 is 10.1 Å². The molecule has 40 heavy (non-hydrogen) atoms. The Hall–Kier alpha value is -3.46. The summed E-state index contributed by atoms with van der Waals surface area (Å²) in [6, 6.07) is 22.8. The van der Waals surface area contributed by atoms with Crippen LogP contribution in [-0.4, -0.2) is 60.1 Å². The number of unbranched alkanes of at least 4 members (excludes halogenated alkanes) is 1. The molecular weight excluding hydrogens is 520 g/mol. The van der Waals surface area contributed by atoms with Crippen molar-refractivity contribution in [1.82, 2.24) is 14.2 Å². The zero-order chi connectivity index (χ0) is 28.1. The Bertz CT molecular complexity index is 1570. The van der Waals surface area contributed by atoms with Gasteiger partial charge in [0.25, 0.3) is 0 Å². The monoisotopic (exact) mass is 558 g/mol. The molecule has 0 atom stereocenters. The lowest BCUT2D eigenvalue weighted by atomic mass is 10.0. The Morgan fingerprint density at radius 3 is 2.42 bits per heavy atom. The van der Waals surface area contributed by atoms with Gasteiger partial charge in [0.05, 0.1) is 21.9 Å². The molecule has 210 valence electrons. The molecule has 1 fully saturated rings. The van der Waals surface area contributed by atoms with Crippen LogP contribution >= 0.6 is 0 Å². The second-order valence-corrected chi connectivity index (χ2v) is 12.6. The van der Waals surface area contributed by atoms with Crippen molar-refractivity contribution in [3.05, 3.63) is 89.5 Å². The molecule has 5 rings (SSSR count). The highest BCUT2D eigenvalue weighted by Gasteiger charge is 2.24. The maximum atomic E-state index is 13.3. The van der Waals surface area contributed by atoms with Gasteiger partial charge in [-0.3, -0.25) is 4.90 Å². The van der Waals surface area contributed by atoms with Gasteiger partial charge in [0.15, 0.2) is 5.88 Å². The number of fused-ring (bicyclic) bond motifs is 1. The molecule has 0 unspecified atom stereocenters. The van der Waals surface area contributed by atoms with E-state index in [9.17, 15) is 13.5 Å². The molecule has 8 heteroatoms. The number of aromatic nitrogens is 1. The third-order valence-electron chi connectivity index (χ3n) is 7.60. The number of aliphatic imine (C=N–C) groups is 1. The molecule has 0 aliphatic carbocycles. The van der Waals surface area contributed by atoms with E-state index in [1.54, 1.807) is 25.2 Å². The van der Waals surface area contributed by atoms with Crippen molar-refractivity contribution in [2.24, 2.45) is 4.99 Å². The van der Waals surface area contributed by atoms with Gasteiger partial charge in [0.1, 0.15) is 0 Å². The van der Waals surface area contributed by atoms with Crippen molar-refractivity contribution < 1.29 is 13.5 Å². The Kier molecular flexibility index (Phi) is 8.69. The number of sulfonamides is 1. The zero-order valence-electron chi connectivity index (χ0n) is 23.3. The van der Waals surface area contributed by atoms with Crippen molar-refractivity contribution >= 4 is 32.3 Å². The van der Waals surface area contributed by atoms with Crippen LogP contribution in [0.2, 0.25) is 0 Å². The van der Waals surface area contributed by atoms with E-state index in [-0.39, 0.29) is 10.8 Å². The Balaban J connectivity index is 1.55. The molecule has 1 saturated heterocycles. The first-order valence-electron chi connectivity index (χ1n) is 14.1. The van der Waals surface area contributed by atoms with Crippen LogP contribution in [0.1, 0.15) is 55.7 Å². The van der Waals surface area contributed by atoms with Gasteiger partial charge in [-0.05, 0) is 68.2 Å². The maximum Gasteiger partial charge on any atom is 0.242 e. The van der Waals surface area contributed by atoms with Crippen molar-refractivity contribution in [1.29, 1.82) is 0 Å². The highest BCUT2D eigenvalue weighted by molar-refractivity contribution is 7.89. The lowest BCUT2D eigenvalue weighted by molar-refractivity contribution is 0.221. The van der Waals surface area contributed by atoms with Crippen LogP contribution < -0.4 is 0 Å². The summed E-state index contributed by atoms with van der Waals surface area (Å²) < 4.78 is 28.0. The normalized spacial score (nSPS) is 15.2. The molecule has 2 heterocycles. The average molecular weight is 559 g/mol. The lowest BCUT2D eigenvalue weighted by Crippen LogP contribution is -2.28. The molecule has 0 bridgehead atoms. The van der Waals surface area contributed by atoms with Gasteiger partial charge in [-0.1, -0.05) is 62.2 Å². The molecule has 1 aromatic heterocycles. The molecular formula is C32H38N4O3S. The number of benzene rings is 3. The van der Waals surface area contributed by atoms with Crippen molar-refractivity contribution in [2.45, 2.75) is 50.5 Å². The van der Waals surface area contributed by atoms with E-state index >= 15 is 0 Å². The van der Waals surface area contributed by atoms with Crippen LogP contribution in [0.5, 0.6) is 5.88 Å². The van der Waals surface area contributed by atoms with E-state index in [4.69, 9.17) is 4.99 Å².